The van der Waals surface area contributed by atoms with Gasteiger partial charge < -0.3 is 10.4 Å². The zero-order chi connectivity index (χ0) is 16.0. The average Bonchev–Trinajstić information content (AvgIpc) is 2.46. The second kappa shape index (κ2) is 7.43. The second-order valence-corrected chi connectivity index (χ2v) is 7.14. The Morgan fingerprint density at radius 3 is 2.43 bits per heavy atom. The first kappa shape index (κ1) is 17.5. The van der Waals surface area contributed by atoms with Crippen molar-refractivity contribution in [1.29, 1.82) is 0 Å². The van der Waals surface area contributed by atoms with Gasteiger partial charge in [-0.05, 0) is 19.8 Å². The predicted octanol–water partition coefficient (Wildman–Crippen LogP) is -0.359. The number of terminal acetylenes is 1. The molecule has 1 aliphatic heterocycles. The van der Waals surface area contributed by atoms with Gasteiger partial charge >= 0.3 is 5.97 Å². The molecule has 2 N–H and O–H groups in total. The van der Waals surface area contributed by atoms with Crippen LogP contribution in [-0.4, -0.2) is 54.6 Å². The smallest absolute Gasteiger partial charge is 0.327 e. The normalized spacial score (nSPS) is 18.7. The Morgan fingerprint density at radius 2 is 2.00 bits per heavy atom. The standard InChI is InChI=1S/C13H20N2O5S/c1-3-5-11(13(17)18)14-12(16)10-6-8-15(9-7-10)21(19,20)4-2/h1,10-11H,4-9H2,2H3,(H,14,16)(H,17,18). The molecule has 0 aromatic rings. The van der Waals surface area contributed by atoms with Gasteiger partial charge in [-0.15, -0.1) is 12.3 Å². The molecule has 0 aliphatic carbocycles. The molecule has 1 unspecified atom stereocenters. The number of carbonyl (C=O) groups excluding carboxylic acids is 1. The van der Waals surface area contributed by atoms with E-state index in [2.05, 4.69) is 11.2 Å². The van der Waals surface area contributed by atoms with E-state index < -0.39 is 22.0 Å². The van der Waals surface area contributed by atoms with Crippen LogP contribution in [0.5, 0.6) is 0 Å². The Balaban J connectivity index is 2.56. The molecule has 0 bridgehead atoms. The lowest BCUT2D eigenvalue weighted by atomic mass is 9.96. The van der Waals surface area contributed by atoms with Crippen LogP contribution in [0.3, 0.4) is 0 Å². The largest absolute Gasteiger partial charge is 0.480 e. The Kier molecular flexibility index (Phi) is 6.18. The van der Waals surface area contributed by atoms with Crippen molar-refractivity contribution in [2.75, 3.05) is 18.8 Å². The third-order valence-electron chi connectivity index (χ3n) is 3.52. The Bertz CT molecular complexity index is 529. The maximum atomic E-state index is 12.0. The highest BCUT2D eigenvalue weighted by Gasteiger charge is 2.31. The summed E-state index contributed by atoms with van der Waals surface area (Å²) in [7, 11) is -3.23. The molecule has 118 valence electrons. The van der Waals surface area contributed by atoms with Crippen LogP contribution in [-0.2, 0) is 19.6 Å². The number of aliphatic carboxylic acids is 1. The summed E-state index contributed by atoms with van der Waals surface area (Å²) in [6.45, 7) is 2.13. The molecular weight excluding hydrogens is 296 g/mol. The minimum atomic E-state index is -3.23. The molecule has 1 atom stereocenters. The molecule has 0 radical (unpaired) electrons. The number of piperidine rings is 1. The number of hydrogen-bond acceptors (Lipinski definition) is 4. The van der Waals surface area contributed by atoms with E-state index in [4.69, 9.17) is 11.5 Å². The van der Waals surface area contributed by atoms with Crippen molar-refractivity contribution in [1.82, 2.24) is 9.62 Å². The van der Waals surface area contributed by atoms with E-state index in [1.807, 2.05) is 0 Å². The van der Waals surface area contributed by atoms with E-state index in [0.29, 0.717) is 12.8 Å². The van der Waals surface area contributed by atoms with Gasteiger partial charge in [-0.25, -0.2) is 17.5 Å². The molecule has 7 nitrogen and oxygen atoms in total. The maximum Gasteiger partial charge on any atom is 0.327 e. The summed E-state index contributed by atoms with van der Waals surface area (Å²) >= 11 is 0. The highest BCUT2D eigenvalue weighted by molar-refractivity contribution is 7.89. The number of nitrogens with zero attached hydrogens (tertiary/aromatic N) is 1. The average molecular weight is 316 g/mol. The van der Waals surface area contributed by atoms with Crippen LogP contribution in [0.25, 0.3) is 0 Å². The van der Waals surface area contributed by atoms with Crippen LogP contribution in [0.2, 0.25) is 0 Å². The number of carboxylic acid groups (broad SMARTS) is 1. The summed E-state index contributed by atoms with van der Waals surface area (Å²) in [4.78, 5) is 22.9. The summed E-state index contributed by atoms with van der Waals surface area (Å²) < 4.78 is 24.8. The lowest BCUT2D eigenvalue weighted by Crippen LogP contribution is -2.47. The molecule has 0 saturated carbocycles. The highest BCUT2D eigenvalue weighted by Crippen LogP contribution is 2.20. The van der Waals surface area contributed by atoms with E-state index in [0.717, 1.165) is 0 Å². The van der Waals surface area contributed by atoms with E-state index in [9.17, 15) is 18.0 Å². The van der Waals surface area contributed by atoms with E-state index in [-0.39, 0.29) is 37.1 Å². The Morgan fingerprint density at radius 1 is 1.43 bits per heavy atom. The molecule has 0 spiro atoms. The number of sulfonamides is 1. The van der Waals surface area contributed by atoms with Crippen molar-refractivity contribution in [3.63, 3.8) is 0 Å². The van der Waals surface area contributed by atoms with Crippen LogP contribution in [0.15, 0.2) is 0 Å². The molecule has 1 amide bonds. The summed E-state index contributed by atoms with van der Waals surface area (Å²) in [5.41, 5.74) is 0. The van der Waals surface area contributed by atoms with Gasteiger partial charge in [-0.1, -0.05) is 0 Å². The first-order valence-electron chi connectivity index (χ1n) is 6.76. The minimum absolute atomic E-state index is 0.0348. The molecule has 21 heavy (non-hydrogen) atoms. The van der Waals surface area contributed by atoms with Gasteiger partial charge in [0.05, 0.1) is 5.75 Å². The first-order valence-corrected chi connectivity index (χ1v) is 8.37. The van der Waals surface area contributed by atoms with Crippen molar-refractivity contribution in [2.24, 2.45) is 5.92 Å². The lowest BCUT2D eigenvalue weighted by molar-refractivity contribution is -0.142. The highest BCUT2D eigenvalue weighted by atomic mass is 32.2. The molecule has 1 heterocycles. The zero-order valence-electron chi connectivity index (χ0n) is 11.9. The van der Waals surface area contributed by atoms with Crippen LogP contribution < -0.4 is 5.32 Å². The summed E-state index contributed by atoms with van der Waals surface area (Å²) in [6, 6.07) is -1.10. The van der Waals surface area contributed by atoms with Crippen LogP contribution in [0.4, 0.5) is 0 Å². The minimum Gasteiger partial charge on any atom is -0.480 e. The van der Waals surface area contributed by atoms with Crippen molar-refractivity contribution < 1.29 is 23.1 Å². The Hall–Kier alpha value is -1.59. The topological polar surface area (TPSA) is 104 Å². The summed E-state index contributed by atoms with van der Waals surface area (Å²) in [5, 5.41) is 11.3. The van der Waals surface area contributed by atoms with Gasteiger partial charge in [0.2, 0.25) is 15.9 Å². The third kappa shape index (κ3) is 4.72. The number of amides is 1. The molecule has 1 aliphatic rings. The van der Waals surface area contributed by atoms with Crippen molar-refractivity contribution in [3.8, 4) is 12.3 Å². The van der Waals surface area contributed by atoms with Crippen molar-refractivity contribution in [3.05, 3.63) is 0 Å². The molecule has 1 fully saturated rings. The fraction of sp³-hybridized carbons (Fsp3) is 0.692. The third-order valence-corrected chi connectivity index (χ3v) is 5.40. The van der Waals surface area contributed by atoms with Crippen LogP contribution in [0, 0.1) is 18.3 Å². The maximum absolute atomic E-state index is 12.0. The van der Waals surface area contributed by atoms with Crippen molar-refractivity contribution in [2.45, 2.75) is 32.2 Å². The second-order valence-electron chi connectivity index (χ2n) is 4.88. The van der Waals surface area contributed by atoms with Gasteiger partial charge in [0.1, 0.15) is 6.04 Å². The number of nitrogens with one attached hydrogen (secondary N) is 1. The molecule has 1 rings (SSSR count). The molecule has 8 heteroatoms. The molecule has 1 saturated heterocycles. The number of rotatable bonds is 6. The SMILES string of the molecule is C#CCC(NC(=O)C1CCN(S(=O)(=O)CC)CC1)C(=O)O. The van der Waals surface area contributed by atoms with Gasteiger partial charge in [0.25, 0.3) is 0 Å². The predicted molar refractivity (Wildman–Crippen MR) is 76.8 cm³/mol. The van der Waals surface area contributed by atoms with Crippen LogP contribution in [0.1, 0.15) is 26.2 Å². The fourth-order valence-electron chi connectivity index (χ4n) is 2.19. The van der Waals surface area contributed by atoms with Crippen molar-refractivity contribution >= 4 is 21.9 Å². The number of carbonyl (C=O) groups is 2. The first-order chi connectivity index (χ1) is 9.81. The van der Waals surface area contributed by atoms with Crippen LogP contribution >= 0.6 is 0 Å². The lowest BCUT2D eigenvalue weighted by Gasteiger charge is -2.30. The molecular formula is C13H20N2O5S. The zero-order valence-corrected chi connectivity index (χ0v) is 12.7. The van der Waals surface area contributed by atoms with Gasteiger partial charge in [-0.2, -0.15) is 0 Å². The van der Waals surface area contributed by atoms with Gasteiger partial charge in [0, 0.05) is 25.4 Å². The summed E-state index contributed by atoms with van der Waals surface area (Å²) in [6.07, 6.45) is 5.75. The fourth-order valence-corrected chi connectivity index (χ4v) is 3.32. The molecule has 0 aromatic carbocycles. The quantitative estimate of drug-likeness (QED) is 0.651. The Labute approximate surface area is 124 Å². The summed E-state index contributed by atoms with van der Waals surface area (Å²) in [5.74, 6) is 0.305. The monoisotopic (exact) mass is 316 g/mol. The van der Waals surface area contributed by atoms with E-state index in [1.165, 1.54) is 4.31 Å². The van der Waals surface area contributed by atoms with E-state index >= 15 is 0 Å². The number of carboxylic acids is 1. The van der Waals surface area contributed by atoms with E-state index in [1.54, 1.807) is 6.92 Å². The van der Waals surface area contributed by atoms with Gasteiger partial charge in [0.15, 0.2) is 0 Å². The number of hydrogen-bond donors (Lipinski definition) is 2. The van der Waals surface area contributed by atoms with Gasteiger partial charge in [-0.3, -0.25) is 4.79 Å². The molecule has 0 aromatic heterocycles.